The first-order valence-electron chi connectivity index (χ1n) is 8.03. The van der Waals surface area contributed by atoms with Gasteiger partial charge in [0.25, 0.3) is 5.91 Å². The van der Waals surface area contributed by atoms with Crippen molar-refractivity contribution in [3.05, 3.63) is 21.4 Å². The third-order valence-electron chi connectivity index (χ3n) is 4.41. The summed E-state index contributed by atoms with van der Waals surface area (Å²) in [5, 5.41) is 13.5. The second-order valence-corrected chi connectivity index (χ2v) is 7.81. The number of nitrogens with one attached hydrogen (secondary N) is 1. The Morgan fingerprint density at radius 1 is 1.57 bits per heavy atom. The van der Waals surface area contributed by atoms with Gasteiger partial charge < -0.3 is 10.4 Å². The van der Waals surface area contributed by atoms with Crippen LogP contribution in [0, 0.1) is 12.8 Å². The predicted octanol–water partition coefficient (Wildman–Crippen LogP) is 3.68. The number of hydrogen-bond acceptors (Lipinski definition) is 3. The Hall–Kier alpha value is -0.870. The van der Waals surface area contributed by atoms with Crippen LogP contribution in [0.3, 0.4) is 0 Å². The minimum absolute atomic E-state index is 0.0443. The predicted molar refractivity (Wildman–Crippen MR) is 88.0 cm³/mol. The van der Waals surface area contributed by atoms with Gasteiger partial charge in [0.15, 0.2) is 0 Å². The second-order valence-electron chi connectivity index (χ2n) is 6.55. The van der Waals surface area contributed by atoms with Crippen molar-refractivity contribution in [1.29, 1.82) is 0 Å². The lowest BCUT2D eigenvalue weighted by atomic mass is 9.79. The van der Waals surface area contributed by atoms with Crippen molar-refractivity contribution in [1.82, 2.24) is 5.32 Å². The Balaban J connectivity index is 1.93. The average Bonchev–Trinajstić information content (AvgIpc) is 2.78. The molecule has 2 atom stereocenters. The van der Waals surface area contributed by atoms with Gasteiger partial charge in [-0.1, -0.05) is 33.1 Å². The van der Waals surface area contributed by atoms with Crippen LogP contribution in [0.4, 0.5) is 0 Å². The molecule has 1 fully saturated rings. The summed E-state index contributed by atoms with van der Waals surface area (Å²) < 4.78 is 0. The molecule has 0 bridgehead atoms. The molecule has 0 radical (unpaired) electrons. The second kappa shape index (κ2) is 6.93. The average molecular weight is 309 g/mol. The molecule has 1 aliphatic rings. The van der Waals surface area contributed by atoms with E-state index in [2.05, 4.69) is 26.1 Å². The van der Waals surface area contributed by atoms with E-state index in [0.29, 0.717) is 12.5 Å². The molecule has 0 spiro atoms. The fourth-order valence-corrected chi connectivity index (χ4v) is 4.26. The molecule has 1 saturated carbocycles. The van der Waals surface area contributed by atoms with Crippen LogP contribution < -0.4 is 5.32 Å². The number of aryl methyl sites for hydroxylation is 2. The summed E-state index contributed by atoms with van der Waals surface area (Å²) in [5.74, 6) is 0.498. The molecule has 4 heteroatoms. The molecule has 1 aliphatic carbocycles. The molecular formula is C17H27NO2S. The SMILES string of the molecule is CCCc1cc(C(=O)NCC2(O)CCCC(C)C2)sc1C. The molecular weight excluding hydrogens is 282 g/mol. The summed E-state index contributed by atoms with van der Waals surface area (Å²) >= 11 is 1.55. The van der Waals surface area contributed by atoms with Gasteiger partial charge in [0.05, 0.1) is 10.5 Å². The zero-order valence-electron chi connectivity index (χ0n) is 13.4. The topological polar surface area (TPSA) is 49.3 Å². The van der Waals surface area contributed by atoms with Crippen molar-refractivity contribution in [2.75, 3.05) is 6.54 Å². The highest BCUT2D eigenvalue weighted by Gasteiger charge is 2.33. The normalized spacial score (nSPS) is 25.8. The van der Waals surface area contributed by atoms with Gasteiger partial charge in [-0.15, -0.1) is 11.3 Å². The lowest BCUT2D eigenvalue weighted by molar-refractivity contribution is -0.0109. The van der Waals surface area contributed by atoms with Gasteiger partial charge in [0.2, 0.25) is 0 Å². The van der Waals surface area contributed by atoms with Crippen LogP contribution in [0.5, 0.6) is 0 Å². The molecule has 1 amide bonds. The molecule has 0 aliphatic heterocycles. The first kappa shape index (κ1) is 16.5. The Kier molecular flexibility index (Phi) is 5.44. The summed E-state index contributed by atoms with van der Waals surface area (Å²) in [4.78, 5) is 14.3. The molecule has 118 valence electrons. The molecule has 3 nitrogen and oxygen atoms in total. The van der Waals surface area contributed by atoms with E-state index in [0.717, 1.165) is 37.0 Å². The molecule has 1 heterocycles. The minimum atomic E-state index is -0.716. The third kappa shape index (κ3) is 4.30. The smallest absolute Gasteiger partial charge is 0.261 e. The Labute approximate surface area is 131 Å². The molecule has 21 heavy (non-hydrogen) atoms. The Morgan fingerprint density at radius 3 is 3.00 bits per heavy atom. The fourth-order valence-electron chi connectivity index (χ4n) is 3.27. The van der Waals surface area contributed by atoms with Gasteiger partial charge in [0, 0.05) is 11.4 Å². The number of amides is 1. The zero-order chi connectivity index (χ0) is 15.5. The summed E-state index contributed by atoms with van der Waals surface area (Å²) in [7, 11) is 0. The van der Waals surface area contributed by atoms with Crippen molar-refractivity contribution in [2.24, 2.45) is 5.92 Å². The van der Waals surface area contributed by atoms with Crippen LogP contribution >= 0.6 is 11.3 Å². The zero-order valence-corrected chi connectivity index (χ0v) is 14.2. The van der Waals surface area contributed by atoms with E-state index >= 15 is 0 Å². The molecule has 1 aromatic heterocycles. The molecule has 2 rings (SSSR count). The summed E-state index contributed by atoms with van der Waals surface area (Å²) in [6.07, 6.45) is 5.93. The van der Waals surface area contributed by atoms with Crippen molar-refractivity contribution < 1.29 is 9.90 Å². The first-order chi connectivity index (χ1) is 9.93. The summed E-state index contributed by atoms with van der Waals surface area (Å²) in [6.45, 7) is 6.77. The molecule has 1 aromatic rings. The van der Waals surface area contributed by atoms with Gasteiger partial charge in [-0.2, -0.15) is 0 Å². The highest BCUT2D eigenvalue weighted by Crippen LogP contribution is 2.31. The maximum Gasteiger partial charge on any atom is 0.261 e. The monoisotopic (exact) mass is 309 g/mol. The van der Waals surface area contributed by atoms with E-state index in [1.165, 1.54) is 16.9 Å². The van der Waals surface area contributed by atoms with Gasteiger partial charge in [-0.25, -0.2) is 0 Å². The summed E-state index contributed by atoms with van der Waals surface area (Å²) in [5.41, 5.74) is 0.559. The van der Waals surface area contributed by atoms with E-state index in [1.54, 1.807) is 11.3 Å². The minimum Gasteiger partial charge on any atom is -0.388 e. The molecule has 2 N–H and O–H groups in total. The Bertz CT molecular complexity index is 497. The quantitative estimate of drug-likeness (QED) is 0.871. The van der Waals surface area contributed by atoms with Gasteiger partial charge in [-0.3, -0.25) is 4.79 Å². The van der Waals surface area contributed by atoms with Gasteiger partial charge in [0.1, 0.15) is 0 Å². The van der Waals surface area contributed by atoms with Crippen LogP contribution in [0.25, 0.3) is 0 Å². The van der Waals surface area contributed by atoms with Crippen LogP contribution in [0.1, 0.15) is 66.1 Å². The van der Waals surface area contributed by atoms with Crippen molar-refractivity contribution in [2.45, 2.75) is 64.9 Å². The highest BCUT2D eigenvalue weighted by atomic mass is 32.1. The number of carbonyl (C=O) groups excluding carboxylic acids is 1. The number of rotatable bonds is 5. The van der Waals surface area contributed by atoms with E-state index in [9.17, 15) is 9.90 Å². The van der Waals surface area contributed by atoms with Crippen molar-refractivity contribution in [3.8, 4) is 0 Å². The lowest BCUT2D eigenvalue weighted by Crippen LogP contribution is -2.45. The van der Waals surface area contributed by atoms with Gasteiger partial charge in [-0.05, 0) is 43.7 Å². The maximum absolute atomic E-state index is 12.3. The number of thiophene rings is 1. The van der Waals surface area contributed by atoms with Crippen LogP contribution in [0.15, 0.2) is 6.07 Å². The van der Waals surface area contributed by atoms with Crippen molar-refractivity contribution >= 4 is 17.2 Å². The molecule has 2 unspecified atom stereocenters. The van der Waals surface area contributed by atoms with E-state index in [-0.39, 0.29) is 5.91 Å². The summed E-state index contributed by atoms with van der Waals surface area (Å²) in [6, 6.07) is 2.01. The van der Waals surface area contributed by atoms with Crippen molar-refractivity contribution in [3.63, 3.8) is 0 Å². The van der Waals surface area contributed by atoms with E-state index in [4.69, 9.17) is 0 Å². The van der Waals surface area contributed by atoms with E-state index < -0.39 is 5.60 Å². The van der Waals surface area contributed by atoms with E-state index in [1.807, 2.05) is 6.07 Å². The van der Waals surface area contributed by atoms with Gasteiger partial charge >= 0.3 is 0 Å². The third-order valence-corrected chi connectivity index (χ3v) is 5.50. The number of carbonyl (C=O) groups is 1. The van der Waals surface area contributed by atoms with Crippen LogP contribution in [0.2, 0.25) is 0 Å². The lowest BCUT2D eigenvalue weighted by Gasteiger charge is -2.35. The largest absolute Gasteiger partial charge is 0.388 e. The highest BCUT2D eigenvalue weighted by molar-refractivity contribution is 7.14. The first-order valence-corrected chi connectivity index (χ1v) is 8.85. The number of hydrogen-bond donors (Lipinski definition) is 2. The maximum atomic E-state index is 12.3. The Morgan fingerprint density at radius 2 is 2.33 bits per heavy atom. The molecule has 0 aromatic carbocycles. The molecule has 0 saturated heterocycles. The number of aliphatic hydroxyl groups is 1. The van der Waals surface area contributed by atoms with Crippen LogP contribution in [-0.4, -0.2) is 23.2 Å². The van der Waals surface area contributed by atoms with Crippen LogP contribution in [-0.2, 0) is 6.42 Å². The fraction of sp³-hybridized carbons (Fsp3) is 0.706. The standard InChI is InChI=1S/C17H27NO2S/c1-4-6-14-9-15(21-13(14)3)16(19)18-11-17(20)8-5-7-12(2)10-17/h9,12,20H,4-8,10-11H2,1-3H3,(H,18,19).